The van der Waals surface area contributed by atoms with Crippen molar-refractivity contribution in [1.82, 2.24) is 5.32 Å². The number of carbonyl (C=O) groups excluding carboxylic acids is 1. The van der Waals surface area contributed by atoms with Crippen LogP contribution in [0.1, 0.15) is 25.8 Å². The molecule has 126 valence electrons. The number of aliphatic carboxylic acids is 1. The van der Waals surface area contributed by atoms with E-state index < -0.39 is 5.97 Å². The average molecular weight is 318 g/mol. The standard InChI is InChI=1S/C18H26N2O3/c1-12(2)17(21)11-20-15-5-3-4-13(8-15)9-16(18(22)23)14-6-7-19-10-14/h3-5,8,12,14,16,19-20H,6-7,9-11H2,1-2H3,(H,22,23)/t14-,16-/m0/s1. The molecule has 5 heteroatoms. The van der Waals surface area contributed by atoms with Gasteiger partial charge in [-0.25, -0.2) is 0 Å². The van der Waals surface area contributed by atoms with Crippen LogP contribution < -0.4 is 10.6 Å². The van der Waals surface area contributed by atoms with Crippen LogP contribution in [0.3, 0.4) is 0 Å². The van der Waals surface area contributed by atoms with Crippen molar-refractivity contribution in [3.05, 3.63) is 29.8 Å². The highest BCUT2D eigenvalue weighted by molar-refractivity contribution is 5.84. The number of anilines is 1. The highest BCUT2D eigenvalue weighted by Crippen LogP contribution is 2.24. The fraction of sp³-hybridized carbons (Fsp3) is 0.556. The van der Waals surface area contributed by atoms with Crippen LogP contribution in [0, 0.1) is 17.8 Å². The van der Waals surface area contributed by atoms with Gasteiger partial charge in [-0.1, -0.05) is 26.0 Å². The van der Waals surface area contributed by atoms with Gasteiger partial charge >= 0.3 is 5.97 Å². The van der Waals surface area contributed by atoms with Crippen LogP contribution in [0.2, 0.25) is 0 Å². The molecule has 2 atom stereocenters. The largest absolute Gasteiger partial charge is 0.481 e. The van der Waals surface area contributed by atoms with Gasteiger partial charge in [0.05, 0.1) is 12.5 Å². The van der Waals surface area contributed by atoms with E-state index in [0.29, 0.717) is 13.0 Å². The van der Waals surface area contributed by atoms with E-state index >= 15 is 0 Å². The smallest absolute Gasteiger partial charge is 0.307 e. The molecule has 1 aromatic carbocycles. The summed E-state index contributed by atoms with van der Waals surface area (Å²) >= 11 is 0. The molecule has 1 aliphatic heterocycles. The average Bonchev–Trinajstić information content (AvgIpc) is 3.04. The number of nitrogens with one attached hydrogen (secondary N) is 2. The SMILES string of the molecule is CC(C)C(=O)CNc1cccc(C[C@H](C(=O)O)[C@H]2CCNC2)c1. The first kappa shape index (κ1) is 17.5. The predicted molar refractivity (Wildman–Crippen MR) is 90.6 cm³/mol. The maximum atomic E-state index is 11.7. The Labute approximate surface area is 137 Å². The Bertz CT molecular complexity index is 551. The third kappa shape index (κ3) is 5.06. The van der Waals surface area contributed by atoms with E-state index in [1.54, 1.807) is 0 Å². The Morgan fingerprint density at radius 1 is 1.39 bits per heavy atom. The number of hydrogen-bond acceptors (Lipinski definition) is 4. The van der Waals surface area contributed by atoms with Gasteiger partial charge in [0.1, 0.15) is 0 Å². The normalized spacial score (nSPS) is 18.8. The number of carboxylic acid groups (broad SMARTS) is 1. The summed E-state index contributed by atoms with van der Waals surface area (Å²) < 4.78 is 0. The van der Waals surface area contributed by atoms with Crippen LogP contribution >= 0.6 is 0 Å². The van der Waals surface area contributed by atoms with E-state index in [9.17, 15) is 14.7 Å². The molecule has 23 heavy (non-hydrogen) atoms. The van der Waals surface area contributed by atoms with Crippen LogP contribution in [0.15, 0.2) is 24.3 Å². The maximum absolute atomic E-state index is 11.7. The summed E-state index contributed by atoms with van der Waals surface area (Å²) in [5, 5.41) is 15.9. The van der Waals surface area contributed by atoms with Crippen LogP contribution in [0.5, 0.6) is 0 Å². The summed E-state index contributed by atoms with van der Waals surface area (Å²) in [5.74, 6) is -0.732. The Morgan fingerprint density at radius 3 is 2.78 bits per heavy atom. The zero-order valence-corrected chi connectivity index (χ0v) is 13.8. The molecular formula is C18H26N2O3. The Morgan fingerprint density at radius 2 is 2.17 bits per heavy atom. The maximum Gasteiger partial charge on any atom is 0.307 e. The van der Waals surface area contributed by atoms with Crippen LogP contribution in [-0.4, -0.2) is 36.5 Å². The first-order valence-electron chi connectivity index (χ1n) is 8.26. The monoisotopic (exact) mass is 318 g/mol. The number of carbonyl (C=O) groups is 2. The summed E-state index contributed by atoms with van der Waals surface area (Å²) in [6, 6.07) is 7.72. The number of hydrogen-bond donors (Lipinski definition) is 3. The lowest BCUT2D eigenvalue weighted by atomic mass is 9.86. The number of Topliss-reactive ketones (excluding diaryl/α,β-unsaturated/α-hetero) is 1. The van der Waals surface area contributed by atoms with E-state index in [-0.39, 0.29) is 23.5 Å². The zero-order valence-electron chi connectivity index (χ0n) is 13.8. The summed E-state index contributed by atoms with van der Waals surface area (Å²) in [4.78, 5) is 23.3. The summed E-state index contributed by atoms with van der Waals surface area (Å²) in [5.41, 5.74) is 1.86. The third-order valence-electron chi connectivity index (χ3n) is 4.48. The topological polar surface area (TPSA) is 78.4 Å². The number of ketones is 1. The van der Waals surface area contributed by atoms with E-state index in [1.165, 1.54) is 0 Å². The van der Waals surface area contributed by atoms with E-state index in [4.69, 9.17) is 0 Å². The van der Waals surface area contributed by atoms with Gasteiger partial charge in [0, 0.05) is 11.6 Å². The summed E-state index contributed by atoms with van der Waals surface area (Å²) in [6.45, 7) is 5.74. The number of rotatable bonds is 8. The summed E-state index contributed by atoms with van der Waals surface area (Å²) in [7, 11) is 0. The fourth-order valence-electron chi connectivity index (χ4n) is 2.93. The number of carboxylic acids is 1. The van der Waals surface area contributed by atoms with E-state index in [0.717, 1.165) is 30.8 Å². The molecule has 1 fully saturated rings. The molecule has 3 N–H and O–H groups in total. The van der Waals surface area contributed by atoms with Crippen LogP contribution in [0.25, 0.3) is 0 Å². The molecule has 0 spiro atoms. The van der Waals surface area contributed by atoms with Gasteiger partial charge in [0.2, 0.25) is 0 Å². The number of benzene rings is 1. The van der Waals surface area contributed by atoms with Crippen LogP contribution in [-0.2, 0) is 16.0 Å². The second-order valence-electron chi connectivity index (χ2n) is 6.58. The van der Waals surface area contributed by atoms with Crippen molar-refractivity contribution < 1.29 is 14.7 Å². The van der Waals surface area contributed by atoms with Crippen molar-refractivity contribution in [3.63, 3.8) is 0 Å². The quantitative estimate of drug-likeness (QED) is 0.685. The van der Waals surface area contributed by atoms with Gasteiger partial charge in [-0.2, -0.15) is 0 Å². The molecular weight excluding hydrogens is 292 g/mol. The highest BCUT2D eigenvalue weighted by atomic mass is 16.4. The molecule has 1 aromatic rings. The minimum atomic E-state index is -0.730. The van der Waals surface area contributed by atoms with Gasteiger partial charge in [-0.05, 0) is 49.5 Å². The van der Waals surface area contributed by atoms with E-state index in [2.05, 4.69) is 10.6 Å². The van der Waals surface area contributed by atoms with Gasteiger partial charge < -0.3 is 15.7 Å². The molecule has 5 nitrogen and oxygen atoms in total. The second-order valence-corrected chi connectivity index (χ2v) is 6.58. The second kappa shape index (κ2) is 8.11. The Balaban J connectivity index is 2.00. The molecule has 0 radical (unpaired) electrons. The minimum Gasteiger partial charge on any atom is -0.481 e. The Kier molecular flexibility index (Phi) is 6.16. The molecule has 0 unspecified atom stereocenters. The molecule has 0 aromatic heterocycles. The zero-order chi connectivity index (χ0) is 16.8. The minimum absolute atomic E-state index is 0.0111. The predicted octanol–water partition coefficient (Wildman–Crippen LogP) is 2.18. The van der Waals surface area contributed by atoms with Crippen molar-refractivity contribution in [1.29, 1.82) is 0 Å². The van der Waals surface area contributed by atoms with Crippen molar-refractivity contribution >= 4 is 17.4 Å². The lowest BCUT2D eigenvalue weighted by molar-refractivity contribution is -0.143. The molecule has 2 rings (SSSR count). The van der Waals surface area contributed by atoms with Crippen molar-refractivity contribution in [2.45, 2.75) is 26.7 Å². The lowest BCUT2D eigenvalue weighted by Gasteiger charge is -2.19. The molecule has 0 saturated carbocycles. The molecule has 0 amide bonds. The molecule has 0 aliphatic carbocycles. The first-order valence-corrected chi connectivity index (χ1v) is 8.26. The summed E-state index contributed by atoms with van der Waals surface area (Å²) in [6.07, 6.45) is 1.44. The first-order chi connectivity index (χ1) is 11.0. The van der Waals surface area contributed by atoms with Gasteiger partial charge in [0.25, 0.3) is 0 Å². The van der Waals surface area contributed by atoms with Crippen LogP contribution in [0.4, 0.5) is 5.69 Å². The molecule has 0 bridgehead atoms. The van der Waals surface area contributed by atoms with Gasteiger partial charge in [0.15, 0.2) is 5.78 Å². The van der Waals surface area contributed by atoms with Crippen molar-refractivity contribution in [2.24, 2.45) is 17.8 Å². The van der Waals surface area contributed by atoms with Gasteiger partial charge in [-0.3, -0.25) is 9.59 Å². The van der Waals surface area contributed by atoms with Crippen molar-refractivity contribution in [3.8, 4) is 0 Å². The van der Waals surface area contributed by atoms with E-state index in [1.807, 2.05) is 38.1 Å². The van der Waals surface area contributed by atoms with Crippen molar-refractivity contribution in [2.75, 3.05) is 25.0 Å². The van der Waals surface area contributed by atoms with Gasteiger partial charge in [-0.15, -0.1) is 0 Å². The fourth-order valence-corrected chi connectivity index (χ4v) is 2.93. The Hall–Kier alpha value is -1.88. The third-order valence-corrected chi connectivity index (χ3v) is 4.48. The lowest BCUT2D eigenvalue weighted by Crippen LogP contribution is -2.27. The molecule has 1 aliphatic rings. The molecule has 1 heterocycles. The highest BCUT2D eigenvalue weighted by Gasteiger charge is 2.30. The molecule has 1 saturated heterocycles.